The molecule has 0 atom stereocenters. The van der Waals surface area contributed by atoms with Crippen LogP contribution in [0.2, 0.25) is 0 Å². The molecule has 0 saturated heterocycles. The largest absolute Gasteiger partial charge is 0.351 e. The van der Waals surface area contributed by atoms with E-state index in [1.165, 1.54) is 0 Å². The Hall–Kier alpha value is -2.56. The fourth-order valence-electron chi connectivity index (χ4n) is 1.20. The van der Waals surface area contributed by atoms with E-state index in [0.29, 0.717) is 12.1 Å². The van der Waals surface area contributed by atoms with E-state index >= 15 is 0 Å². The van der Waals surface area contributed by atoms with E-state index in [-0.39, 0.29) is 13.0 Å². The predicted molar refractivity (Wildman–Crippen MR) is 55.6 cm³/mol. The van der Waals surface area contributed by atoms with Gasteiger partial charge in [-0.1, -0.05) is 0 Å². The Morgan fingerprint density at radius 1 is 1.44 bits per heavy atom. The number of nitrogens with zero attached hydrogens (tertiary/aromatic N) is 2. The molecule has 0 aliphatic heterocycles. The van der Waals surface area contributed by atoms with Crippen LogP contribution in [0.15, 0.2) is 12.1 Å². The van der Waals surface area contributed by atoms with Gasteiger partial charge in [-0.15, -0.1) is 0 Å². The lowest BCUT2D eigenvalue weighted by Gasteiger charge is -2.04. The molecule has 0 aromatic heterocycles. The molecule has 0 spiro atoms. The molecule has 1 rings (SSSR count). The van der Waals surface area contributed by atoms with Crippen LogP contribution in [0.3, 0.4) is 0 Å². The van der Waals surface area contributed by atoms with E-state index in [9.17, 15) is 23.7 Å². The van der Waals surface area contributed by atoms with Crippen LogP contribution in [0.5, 0.6) is 0 Å². The molecular formula is C10H7F2N3O3. The minimum absolute atomic E-state index is 0.00319. The van der Waals surface area contributed by atoms with E-state index in [1.54, 1.807) is 6.07 Å². The number of rotatable bonds is 4. The molecule has 8 heteroatoms. The zero-order chi connectivity index (χ0) is 13.7. The number of nitro benzene ring substituents is 1. The maximum Gasteiger partial charge on any atom is 0.285 e. The molecule has 94 valence electrons. The minimum atomic E-state index is -1.41. The summed E-state index contributed by atoms with van der Waals surface area (Å²) < 4.78 is 25.8. The lowest BCUT2D eigenvalue weighted by molar-refractivity contribution is -0.385. The highest BCUT2D eigenvalue weighted by molar-refractivity contribution is 5.98. The first-order valence-electron chi connectivity index (χ1n) is 4.76. The number of nitriles is 1. The van der Waals surface area contributed by atoms with E-state index < -0.39 is 33.7 Å². The molecule has 0 aliphatic carbocycles. The van der Waals surface area contributed by atoms with Crippen LogP contribution in [0.1, 0.15) is 16.8 Å². The van der Waals surface area contributed by atoms with Gasteiger partial charge >= 0.3 is 0 Å². The van der Waals surface area contributed by atoms with E-state index in [4.69, 9.17) is 5.26 Å². The molecule has 1 aromatic carbocycles. The molecule has 1 aromatic rings. The highest BCUT2D eigenvalue weighted by atomic mass is 19.2. The number of carbonyl (C=O) groups is 1. The van der Waals surface area contributed by atoms with Crippen molar-refractivity contribution in [2.45, 2.75) is 6.42 Å². The second-order valence-corrected chi connectivity index (χ2v) is 3.20. The molecule has 0 unspecified atom stereocenters. The molecule has 0 radical (unpaired) electrons. The molecular weight excluding hydrogens is 248 g/mol. The van der Waals surface area contributed by atoms with Crippen molar-refractivity contribution in [2.24, 2.45) is 0 Å². The number of nitro groups is 1. The van der Waals surface area contributed by atoms with Gasteiger partial charge in [0, 0.05) is 6.54 Å². The average molecular weight is 255 g/mol. The van der Waals surface area contributed by atoms with E-state index in [2.05, 4.69) is 5.32 Å². The van der Waals surface area contributed by atoms with Crippen LogP contribution in [0.25, 0.3) is 0 Å². The normalized spacial score (nSPS) is 9.61. The lowest BCUT2D eigenvalue weighted by atomic mass is 10.1. The number of benzene rings is 1. The van der Waals surface area contributed by atoms with Gasteiger partial charge in [-0.05, 0) is 6.07 Å². The van der Waals surface area contributed by atoms with Gasteiger partial charge in [0.1, 0.15) is 5.56 Å². The van der Waals surface area contributed by atoms with Gasteiger partial charge in [0.05, 0.1) is 23.5 Å². The summed E-state index contributed by atoms with van der Waals surface area (Å²) in [6, 6.07) is 2.55. The summed E-state index contributed by atoms with van der Waals surface area (Å²) >= 11 is 0. The van der Waals surface area contributed by atoms with Crippen LogP contribution in [-0.4, -0.2) is 17.4 Å². The zero-order valence-corrected chi connectivity index (χ0v) is 8.94. The van der Waals surface area contributed by atoms with E-state index in [1.807, 2.05) is 0 Å². The summed E-state index contributed by atoms with van der Waals surface area (Å²) in [4.78, 5) is 21.1. The summed E-state index contributed by atoms with van der Waals surface area (Å²) in [6.45, 7) is -0.0362. The van der Waals surface area contributed by atoms with Crippen LogP contribution in [0.4, 0.5) is 14.5 Å². The third-order valence-electron chi connectivity index (χ3n) is 2.00. The first kappa shape index (κ1) is 13.5. The van der Waals surface area contributed by atoms with Gasteiger partial charge in [-0.25, -0.2) is 8.78 Å². The summed E-state index contributed by atoms with van der Waals surface area (Å²) in [6.07, 6.45) is 0.00319. The van der Waals surface area contributed by atoms with Gasteiger partial charge < -0.3 is 5.32 Å². The topological polar surface area (TPSA) is 96.0 Å². The molecule has 0 fully saturated rings. The van der Waals surface area contributed by atoms with E-state index in [0.717, 1.165) is 0 Å². The highest BCUT2D eigenvalue weighted by Crippen LogP contribution is 2.22. The number of carbonyl (C=O) groups excluding carboxylic acids is 1. The molecule has 1 N–H and O–H groups in total. The monoisotopic (exact) mass is 255 g/mol. The van der Waals surface area contributed by atoms with Crippen molar-refractivity contribution in [1.82, 2.24) is 5.32 Å². The third kappa shape index (κ3) is 2.98. The summed E-state index contributed by atoms with van der Waals surface area (Å²) in [5, 5.41) is 21.0. The summed E-state index contributed by atoms with van der Waals surface area (Å²) in [7, 11) is 0. The molecule has 6 nitrogen and oxygen atoms in total. The molecule has 0 aliphatic rings. The second kappa shape index (κ2) is 5.67. The molecule has 18 heavy (non-hydrogen) atoms. The Kier molecular flexibility index (Phi) is 4.26. The van der Waals surface area contributed by atoms with Crippen LogP contribution in [-0.2, 0) is 0 Å². The van der Waals surface area contributed by atoms with Gasteiger partial charge in [0.25, 0.3) is 11.6 Å². The minimum Gasteiger partial charge on any atom is -0.351 e. The Labute approximate surface area is 100.0 Å². The van der Waals surface area contributed by atoms with Crippen molar-refractivity contribution in [3.05, 3.63) is 39.4 Å². The maximum atomic E-state index is 12.9. The molecule has 1 amide bonds. The fraction of sp³-hybridized carbons (Fsp3) is 0.200. The number of hydrogen-bond acceptors (Lipinski definition) is 4. The van der Waals surface area contributed by atoms with Crippen molar-refractivity contribution < 1.29 is 18.5 Å². The van der Waals surface area contributed by atoms with Gasteiger partial charge in [-0.3, -0.25) is 14.9 Å². The van der Waals surface area contributed by atoms with Crippen molar-refractivity contribution in [2.75, 3.05) is 6.54 Å². The number of amides is 1. The first-order valence-corrected chi connectivity index (χ1v) is 4.76. The Balaban J connectivity index is 3.07. The summed E-state index contributed by atoms with van der Waals surface area (Å²) in [5.41, 5.74) is -1.42. The zero-order valence-electron chi connectivity index (χ0n) is 8.94. The number of nitrogens with one attached hydrogen (secondary N) is 1. The third-order valence-corrected chi connectivity index (χ3v) is 2.00. The fourth-order valence-corrected chi connectivity index (χ4v) is 1.20. The van der Waals surface area contributed by atoms with Crippen molar-refractivity contribution in [3.8, 4) is 6.07 Å². The second-order valence-electron chi connectivity index (χ2n) is 3.20. The maximum absolute atomic E-state index is 12.9. The predicted octanol–water partition coefficient (Wildman–Crippen LogP) is 1.52. The van der Waals surface area contributed by atoms with Crippen molar-refractivity contribution in [1.29, 1.82) is 5.26 Å². The van der Waals surface area contributed by atoms with Crippen molar-refractivity contribution in [3.63, 3.8) is 0 Å². The smallest absolute Gasteiger partial charge is 0.285 e. The Bertz CT molecular complexity index is 540. The Morgan fingerprint density at radius 2 is 2.06 bits per heavy atom. The van der Waals surface area contributed by atoms with Crippen molar-refractivity contribution >= 4 is 11.6 Å². The lowest BCUT2D eigenvalue weighted by Crippen LogP contribution is -2.25. The van der Waals surface area contributed by atoms with Crippen LogP contribution in [0, 0.1) is 33.1 Å². The molecule has 0 saturated carbocycles. The standard InChI is InChI=1S/C10H7F2N3O3/c11-7-4-6(10(16)14-3-1-2-13)9(15(17)18)5-8(7)12/h4-5H,1,3H2,(H,14,16). The SMILES string of the molecule is N#CCCNC(=O)c1cc(F)c(F)cc1[N+](=O)[O-]. The van der Waals surface area contributed by atoms with Gasteiger partial charge in [0.15, 0.2) is 11.6 Å². The molecule has 0 heterocycles. The molecule has 0 bridgehead atoms. The first-order chi connectivity index (χ1) is 8.47. The van der Waals surface area contributed by atoms with Crippen LogP contribution < -0.4 is 5.32 Å². The van der Waals surface area contributed by atoms with Gasteiger partial charge in [-0.2, -0.15) is 5.26 Å². The highest BCUT2D eigenvalue weighted by Gasteiger charge is 2.23. The van der Waals surface area contributed by atoms with Gasteiger partial charge in [0.2, 0.25) is 0 Å². The number of hydrogen-bond donors (Lipinski definition) is 1. The average Bonchev–Trinajstić information content (AvgIpc) is 2.32. The number of halogens is 2. The van der Waals surface area contributed by atoms with Crippen LogP contribution >= 0.6 is 0 Å². The quantitative estimate of drug-likeness (QED) is 0.501. The Morgan fingerprint density at radius 3 is 2.61 bits per heavy atom. The summed E-state index contributed by atoms with van der Waals surface area (Å²) in [5.74, 6) is -3.70.